The average molecular weight is 167 g/mol. The minimum atomic E-state index is 0.0610. The van der Waals surface area contributed by atoms with Gasteiger partial charge >= 0.3 is 0 Å². The summed E-state index contributed by atoms with van der Waals surface area (Å²) in [5.74, 6) is 0.373. The van der Waals surface area contributed by atoms with Crippen LogP contribution in [0.3, 0.4) is 0 Å². The van der Waals surface area contributed by atoms with E-state index in [1.165, 1.54) is 12.1 Å². The van der Waals surface area contributed by atoms with Gasteiger partial charge in [0, 0.05) is 13.1 Å². The van der Waals surface area contributed by atoms with Crippen LogP contribution in [0.25, 0.3) is 0 Å². The van der Waals surface area contributed by atoms with E-state index in [-0.39, 0.29) is 5.75 Å². The van der Waals surface area contributed by atoms with Gasteiger partial charge in [-0.25, -0.2) is 0 Å². The van der Waals surface area contributed by atoms with Crippen molar-refractivity contribution in [3.05, 3.63) is 18.2 Å². The highest BCUT2D eigenvalue weighted by Gasteiger charge is 2.01. The Bertz CT molecular complexity index is 286. The maximum absolute atomic E-state index is 10.0. The summed E-state index contributed by atoms with van der Waals surface area (Å²) in [5, 5.41) is 11.8. The Morgan fingerprint density at radius 2 is 2.33 bits per heavy atom. The number of phenols is 1. The molecule has 4 heteroatoms. The molecule has 0 aliphatic rings. The molecule has 0 saturated heterocycles. The number of benzene rings is 1. The second-order valence-electron chi connectivity index (χ2n) is 2.14. The van der Waals surface area contributed by atoms with Crippen LogP contribution >= 0.6 is 0 Å². The molecule has 0 amide bonds. The molecule has 0 aliphatic heterocycles. The van der Waals surface area contributed by atoms with Crippen LogP contribution in [0, 0.1) is 0 Å². The smallest absolute Gasteiger partial charge is 0.298 e. The van der Waals surface area contributed by atoms with E-state index in [1.807, 2.05) is 0 Å². The van der Waals surface area contributed by atoms with Gasteiger partial charge in [-0.15, -0.1) is 0 Å². The summed E-state index contributed by atoms with van der Waals surface area (Å²) >= 11 is 0. The number of carbonyl (C=O) groups excluding carboxylic acids is 1. The molecule has 0 atom stereocenters. The second kappa shape index (κ2) is 3.61. The largest absolute Gasteiger partial charge is 0.508 e. The predicted octanol–water partition coefficient (Wildman–Crippen LogP) is 0.969. The van der Waals surface area contributed by atoms with E-state index in [0.717, 1.165) is 0 Å². The van der Waals surface area contributed by atoms with E-state index in [9.17, 15) is 4.79 Å². The lowest BCUT2D eigenvalue weighted by molar-refractivity contribution is -0.120. The molecule has 2 N–H and O–H groups in total. The van der Waals surface area contributed by atoms with Crippen LogP contribution in [0.5, 0.6) is 11.5 Å². The summed E-state index contributed by atoms with van der Waals surface area (Å²) < 4.78 is 4.61. The molecule has 0 spiro atoms. The predicted molar refractivity (Wildman–Crippen MR) is 44.3 cm³/mol. The van der Waals surface area contributed by atoms with Gasteiger partial charge in [-0.05, 0) is 12.1 Å². The van der Waals surface area contributed by atoms with E-state index in [1.54, 1.807) is 13.1 Å². The zero-order chi connectivity index (χ0) is 8.97. The molecule has 0 radical (unpaired) electrons. The highest BCUT2D eigenvalue weighted by atomic mass is 16.5. The molecule has 0 aliphatic carbocycles. The molecule has 64 valence electrons. The van der Waals surface area contributed by atoms with E-state index < -0.39 is 0 Å². The lowest BCUT2D eigenvalue weighted by Crippen LogP contribution is -1.95. The molecule has 0 heterocycles. The third kappa shape index (κ3) is 1.66. The highest BCUT2D eigenvalue weighted by molar-refractivity contribution is 5.62. The lowest BCUT2D eigenvalue weighted by atomic mass is 10.3. The number of carbonyl (C=O) groups is 1. The number of hydrogen-bond donors (Lipinski definition) is 2. The molecule has 0 aromatic heterocycles. The van der Waals surface area contributed by atoms with Crippen LogP contribution in [0.4, 0.5) is 5.69 Å². The fraction of sp³-hybridized carbons (Fsp3) is 0.125. The summed E-state index contributed by atoms with van der Waals surface area (Å²) in [7, 11) is 1.70. The minimum Gasteiger partial charge on any atom is -0.508 e. The summed E-state index contributed by atoms with van der Waals surface area (Å²) in [5.41, 5.74) is 0.653. The minimum absolute atomic E-state index is 0.0610. The molecule has 12 heavy (non-hydrogen) atoms. The first-order chi connectivity index (χ1) is 5.77. The first-order valence-electron chi connectivity index (χ1n) is 3.39. The molecular weight excluding hydrogens is 158 g/mol. The van der Waals surface area contributed by atoms with E-state index in [2.05, 4.69) is 10.1 Å². The molecule has 0 unspecified atom stereocenters. The van der Waals surface area contributed by atoms with Gasteiger partial charge in [0.1, 0.15) is 5.75 Å². The van der Waals surface area contributed by atoms with Crippen molar-refractivity contribution in [3.8, 4) is 11.5 Å². The third-order valence-corrected chi connectivity index (χ3v) is 1.41. The van der Waals surface area contributed by atoms with Gasteiger partial charge in [0.15, 0.2) is 5.75 Å². The standard InChI is InChI=1S/C8H9NO3/c1-9-7-3-2-6(11)4-8(7)12-5-10/h2-5,9,11H,1H3. The first kappa shape index (κ1) is 8.39. The molecular formula is C8H9NO3. The van der Waals surface area contributed by atoms with Gasteiger partial charge in [0.25, 0.3) is 6.47 Å². The molecule has 0 bridgehead atoms. The van der Waals surface area contributed by atoms with Gasteiger partial charge in [0.05, 0.1) is 5.69 Å². The number of aromatic hydroxyl groups is 1. The zero-order valence-corrected chi connectivity index (χ0v) is 6.57. The van der Waals surface area contributed by atoms with Crippen molar-refractivity contribution in [1.29, 1.82) is 0 Å². The second-order valence-corrected chi connectivity index (χ2v) is 2.14. The lowest BCUT2D eigenvalue weighted by Gasteiger charge is -2.05. The number of phenolic OH excluding ortho intramolecular Hbond substituents is 1. The maximum Gasteiger partial charge on any atom is 0.298 e. The number of anilines is 1. The number of nitrogens with one attached hydrogen (secondary N) is 1. The van der Waals surface area contributed by atoms with Gasteiger partial charge in [-0.1, -0.05) is 0 Å². The summed E-state index contributed by atoms with van der Waals surface area (Å²) in [6, 6.07) is 4.48. The Kier molecular flexibility index (Phi) is 2.53. The maximum atomic E-state index is 10.0. The molecule has 1 aromatic carbocycles. The average Bonchev–Trinajstić information content (AvgIpc) is 2.05. The summed E-state index contributed by atoms with van der Waals surface area (Å²) in [6.45, 7) is 0.315. The van der Waals surface area contributed by atoms with Crippen LogP contribution in [0.15, 0.2) is 18.2 Å². The number of ether oxygens (including phenoxy) is 1. The third-order valence-electron chi connectivity index (χ3n) is 1.41. The fourth-order valence-corrected chi connectivity index (χ4v) is 0.867. The molecule has 1 rings (SSSR count). The zero-order valence-electron chi connectivity index (χ0n) is 6.57. The Morgan fingerprint density at radius 1 is 1.58 bits per heavy atom. The number of rotatable bonds is 3. The topological polar surface area (TPSA) is 58.6 Å². The summed E-state index contributed by atoms with van der Waals surface area (Å²) in [6.07, 6.45) is 0. The van der Waals surface area contributed by atoms with Gasteiger partial charge in [0.2, 0.25) is 0 Å². The summed E-state index contributed by atoms with van der Waals surface area (Å²) in [4.78, 5) is 10.0. The van der Waals surface area contributed by atoms with Crippen molar-refractivity contribution in [2.75, 3.05) is 12.4 Å². The van der Waals surface area contributed by atoms with Crippen molar-refractivity contribution in [2.24, 2.45) is 0 Å². The molecule has 0 fully saturated rings. The van der Waals surface area contributed by atoms with Crippen LogP contribution in [0.1, 0.15) is 0 Å². The van der Waals surface area contributed by atoms with Crippen molar-refractivity contribution in [1.82, 2.24) is 0 Å². The Morgan fingerprint density at radius 3 is 2.92 bits per heavy atom. The van der Waals surface area contributed by atoms with E-state index >= 15 is 0 Å². The van der Waals surface area contributed by atoms with Gasteiger partial charge in [-0.3, -0.25) is 4.79 Å². The normalized spacial score (nSPS) is 9.08. The van der Waals surface area contributed by atoms with Crippen molar-refractivity contribution in [3.63, 3.8) is 0 Å². The van der Waals surface area contributed by atoms with Crippen molar-refractivity contribution in [2.45, 2.75) is 0 Å². The molecule has 0 saturated carbocycles. The van der Waals surface area contributed by atoms with Crippen LogP contribution < -0.4 is 10.1 Å². The SMILES string of the molecule is CNc1ccc(O)cc1OC=O. The Balaban J connectivity index is 3.03. The Labute approximate surface area is 69.8 Å². The van der Waals surface area contributed by atoms with Crippen LogP contribution in [-0.4, -0.2) is 18.6 Å². The quantitative estimate of drug-likeness (QED) is 0.520. The van der Waals surface area contributed by atoms with Crippen molar-refractivity contribution < 1.29 is 14.6 Å². The Hall–Kier alpha value is -1.71. The van der Waals surface area contributed by atoms with E-state index in [0.29, 0.717) is 17.9 Å². The van der Waals surface area contributed by atoms with Gasteiger partial charge < -0.3 is 15.2 Å². The van der Waals surface area contributed by atoms with Crippen LogP contribution in [-0.2, 0) is 4.79 Å². The fourth-order valence-electron chi connectivity index (χ4n) is 0.867. The monoisotopic (exact) mass is 167 g/mol. The number of hydrogen-bond acceptors (Lipinski definition) is 4. The van der Waals surface area contributed by atoms with Crippen molar-refractivity contribution >= 4 is 12.2 Å². The molecule has 4 nitrogen and oxygen atoms in total. The molecule has 1 aromatic rings. The van der Waals surface area contributed by atoms with E-state index in [4.69, 9.17) is 5.11 Å². The highest BCUT2D eigenvalue weighted by Crippen LogP contribution is 2.27. The van der Waals surface area contributed by atoms with Gasteiger partial charge in [-0.2, -0.15) is 0 Å². The first-order valence-corrected chi connectivity index (χ1v) is 3.39. The van der Waals surface area contributed by atoms with Crippen LogP contribution in [0.2, 0.25) is 0 Å².